The van der Waals surface area contributed by atoms with Crippen molar-refractivity contribution in [3.05, 3.63) is 53.3 Å². The van der Waals surface area contributed by atoms with Crippen LogP contribution in [0.25, 0.3) is 0 Å². The normalized spacial score (nSPS) is 16.3. The minimum atomic E-state index is -0.451. The zero-order valence-electron chi connectivity index (χ0n) is 15.1. The molecule has 4 rings (SSSR count). The molecule has 3 heterocycles. The molecule has 0 radical (unpaired) electrons. The summed E-state index contributed by atoms with van der Waals surface area (Å²) in [6, 6.07) is 8.26. The van der Waals surface area contributed by atoms with Gasteiger partial charge in [0.25, 0.3) is 11.8 Å². The van der Waals surface area contributed by atoms with E-state index < -0.39 is 17.7 Å². The molecule has 3 amide bonds. The van der Waals surface area contributed by atoms with Crippen LogP contribution in [0.2, 0.25) is 0 Å². The van der Waals surface area contributed by atoms with E-state index in [1.54, 1.807) is 36.5 Å². The standard InChI is InChI=1S/C19H19N5O4/c25-16(12-24-17(26)14-3-1-2-4-15(14)18(24)27)21-11-13-5-6-20-19(22-13)23-7-9-28-10-8-23/h1-6H,7-12H2,(H,21,25). The summed E-state index contributed by atoms with van der Waals surface area (Å²) in [5, 5.41) is 2.71. The summed E-state index contributed by atoms with van der Waals surface area (Å²) in [5.74, 6) is -0.740. The predicted octanol–water partition coefficient (Wildman–Crippen LogP) is 0.226. The molecule has 2 aromatic rings. The summed E-state index contributed by atoms with van der Waals surface area (Å²) < 4.78 is 5.32. The van der Waals surface area contributed by atoms with Gasteiger partial charge in [-0.15, -0.1) is 0 Å². The van der Waals surface area contributed by atoms with Crippen molar-refractivity contribution in [2.24, 2.45) is 0 Å². The molecular weight excluding hydrogens is 362 g/mol. The van der Waals surface area contributed by atoms with Crippen molar-refractivity contribution in [1.82, 2.24) is 20.2 Å². The van der Waals surface area contributed by atoms with E-state index in [4.69, 9.17) is 4.74 Å². The van der Waals surface area contributed by atoms with Crippen molar-refractivity contribution < 1.29 is 19.1 Å². The van der Waals surface area contributed by atoms with Crippen LogP contribution in [0.5, 0.6) is 0 Å². The van der Waals surface area contributed by atoms with Gasteiger partial charge in [0.15, 0.2) is 0 Å². The third-order valence-electron chi connectivity index (χ3n) is 4.64. The van der Waals surface area contributed by atoms with Gasteiger partial charge in [-0.3, -0.25) is 19.3 Å². The molecule has 1 N–H and O–H groups in total. The maximum atomic E-state index is 12.3. The fourth-order valence-corrected chi connectivity index (χ4v) is 3.17. The first-order valence-electron chi connectivity index (χ1n) is 9.00. The minimum absolute atomic E-state index is 0.182. The molecule has 144 valence electrons. The summed E-state index contributed by atoms with van der Waals surface area (Å²) in [4.78, 5) is 48.6. The van der Waals surface area contributed by atoms with Gasteiger partial charge in [0.2, 0.25) is 11.9 Å². The number of morpholine rings is 1. The number of aromatic nitrogens is 2. The molecule has 1 aromatic carbocycles. The smallest absolute Gasteiger partial charge is 0.262 e. The van der Waals surface area contributed by atoms with Gasteiger partial charge in [0, 0.05) is 19.3 Å². The summed E-state index contributed by atoms with van der Waals surface area (Å²) in [5.41, 5.74) is 1.30. The number of carbonyl (C=O) groups is 3. The number of hydrogen-bond donors (Lipinski definition) is 1. The first-order chi connectivity index (χ1) is 13.6. The van der Waals surface area contributed by atoms with Crippen molar-refractivity contribution >= 4 is 23.7 Å². The summed E-state index contributed by atoms with van der Waals surface area (Å²) >= 11 is 0. The molecule has 0 bridgehead atoms. The molecule has 9 nitrogen and oxygen atoms in total. The van der Waals surface area contributed by atoms with Crippen LogP contribution in [0, 0.1) is 0 Å². The lowest BCUT2D eigenvalue weighted by molar-refractivity contribution is -0.121. The Morgan fingerprint density at radius 1 is 1.07 bits per heavy atom. The molecule has 1 aromatic heterocycles. The van der Waals surface area contributed by atoms with E-state index in [9.17, 15) is 14.4 Å². The van der Waals surface area contributed by atoms with Crippen LogP contribution in [0.4, 0.5) is 5.95 Å². The van der Waals surface area contributed by atoms with E-state index in [1.807, 2.05) is 4.90 Å². The summed E-state index contributed by atoms with van der Waals surface area (Å²) in [7, 11) is 0. The van der Waals surface area contributed by atoms with Crippen LogP contribution in [0.15, 0.2) is 36.5 Å². The molecule has 9 heteroatoms. The first-order valence-corrected chi connectivity index (χ1v) is 9.00. The number of hydrogen-bond acceptors (Lipinski definition) is 7. The van der Waals surface area contributed by atoms with Crippen molar-refractivity contribution in [2.75, 3.05) is 37.7 Å². The highest BCUT2D eigenvalue weighted by Gasteiger charge is 2.36. The monoisotopic (exact) mass is 381 g/mol. The second-order valence-electron chi connectivity index (χ2n) is 6.47. The van der Waals surface area contributed by atoms with Crippen LogP contribution in [-0.2, 0) is 16.1 Å². The Labute approximate surface area is 161 Å². The lowest BCUT2D eigenvalue weighted by atomic mass is 10.1. The van der Waals surface area contributed by atoms with E-state index in [2.05, 4.69) is 15.3 Å². The van der Waals surface area contributed by atoms with Gasteiger partial charge in [0.05, 0.1) is 36.6 Å². The van der Waals surface area contributed by atoms with Crippen LogP contribution in [-0.4, -0.2) is 65.4 Å². The summed E-state index contributed by atoms with van der Waals surface area (Å²) in [6.45, 7) is 2.55. The zero-order valence-corrected chi connectivity index (χ0v) is 15.1. The average molecular weight is 381 g/mol. The van der Waals surface area contributed by atoms with Crippen molar-refractivity contribution in [3.8, 4) is 0 Å². The lowest BCUT2D eigenvalue weighted by Crippen LogP contribution is -2.40. The predicted molar refractivity (Wildman–Crippen MR) is 98.7 cm³/mol. The Bertz CT molecular complexity index is 891. The van der Waals surface area contributed by atoms with E-state index in [-0.39, 0.29) is 13.1 Å². The molecule has 0 atom stereocenters. The topological polar surface area (TPSA) is 105 Å². The number of fused-ring (bicyclic) bond motifs is 1. The molecule has 28 heavy (non-hydrogen) atoms. The number of anilines is 1. The first kappa shape index (κ1) is 18.1. The molecule has 0 unspecified atom stereocenters. The van der Waals surface area contributed by atoms with E-state index >= 15 is 0 Å². The van der Waals surface area contributed by atoms with Crippen molar-refractivity contribution in [1.29, 1.82) is 0 Å². The van der Waals surface area contributed by atoms with Gasteiger partial charge in [-0.05, 0) is 18.2 Å². The number of ether oxygens (including phenoxy) is 1. The Kier molecular flexibility index (Phi) is 4.98. The minimum Gasteiger partial charge on any atom is -0.378 e. The third kappa shape index (κ3) is 3.56. The second kappa shape index (κ2) is 7.73. The van der Waals surface area contributed by atoms with Crippen LogP contribution in [0.3, 0.4) is 0 Å². The van der Waals surface area contributed by atoms with Gasteiger partial charge in [-0.1, -0.05) is 12.1 Å². The van der Waals surface area contributed by atoms with Crippen LogP contribution >= 0.6 is 0 Å². The number of benzene rings is 1. The van der Waals surface area contributed by atoms with Gasteiger partial charge in [-0.2, -0.15) is 0 Å². The van der Waals surface area contributed by atoms with E-state index in [1.165, 1.54) is 0 Å². The Balaban J connectivity index is 1.35. The van der Waals surface area contributed by atoms with E-state index in [0.29, 0.717) is 36.0 Å². The van der Waals surface area contributed by atoms with Gasteiger partial charge >= 0.3 is 0 Å². The molecule has 0 aliphatic carbocycles. The number of nitrogens with zero attached hydrogens (tertiary/aromatic N) is 4. The highest BCUT2D eigenvalue weighted by molar-refractivity contribution is 6.22. The zero-order chi connectivity index (χ0) is 19.5. The Morgan fingerprint density at radius 2 is 1.75 bits per heavy atom. The maximum absolute atomic E-state index is 12.3. The van der Waals surface area contributed by atoms with Crippen LogP contribution < -0.4 is 10.2 Å². The highest BCUT2D eigenvalue weighted by Crippen LogP contribution is 2.21. The molecule has 2 aliphatic rings. The fraction of sp³-hybridized carbons (Fsp3) is 0.316. The van der Waals surface area contributed by atoms with Gasteiger partial charge in [0.1, 0.15) is 6.54 Å². The number of nitrogens with one attached hydrogen (secondary N) is 1. The number of carbonyl (C=O) groups excluding carboxylic acids is 3. The molecule has 1 saturated heterocycles. The lowest BCUT2D eigenvalue weighted by Gasteiger charge is -2.26. The van der Waals surface area contributed by atoms with Gasteiger partial charge in [-0.25, -0.2) is 9.97 Å². The average Bonchev–Trinajstić information content (AvgIpc) is 2.98. The Hall–Kier alpha value is -3.33. The fourth-order valence-electron chi connectivity index (χ4n) is 3.17. The maximum Gasteiger partial charge on any atom is 0.262 e. The van der Waals surface area contributed by atoms with Crippen molar-refractivity contribution in [2.45, 2.75) is 6.54 Å². The molecule has 0 spiro atoms. The largest absolute Gasteiger partial charge is 0.378 e. The number of imide groups is 1. The second-order valence-corrected chi connectivity index (χ2v) is 6.47. The van der Waals surface area contributed by atoms with Crippen LogP contribution in [0.1, 0.15) is 26.4 Å². The molecule has 2 aliphatic heterocycles. The highest BCUT2D eigenvalue weighted by atomic mass is 16.5. The quantitative estimate of drug-likeness (QED) is 0.739. The third-order valence-corrected chi connectivity index (χ3v) is 4.64. The summed E-state index contributed by atoms with van der Waals surface area (Å²) in [6.07, 6.45) is 1.64. The molecule has 0 saturated carbocycles. The van der Waals surface area contributed by atoms with Gasteiger partial charge < -0.3 is 15.0 Å². The Morgan fingerprint density at radius 3 is 2.43 bits per heavy atom. The number of rotatable bonds is 5. The SMILES string of the molecule is O=C(CN1C(=O)c2ccccc2C1=O)NCc1ccnc(N2CCOCC2)n1. The van der Waals surface area contributed by atoms with E-state index in [0.717, 1.165) is 18.0 Å². The molecular formula is C19H19N5O4. The van der Waals surface area contributed by atoms with Crippen molar-refractivity contribution in [3.63, 3.8) is 0 Å². The number of amides is 3. The molecule has 1 fully saturated rings.